The summed E-state index contributed by atoms with van der Waals surface area (Å²) in [7, 11) is 3.97. The predicted molar refractivity (Wildman–Crippen MR) is 67.2 cm³/mol. The van der Waals surface area contributed by atoms with E-state index in [1.165, 1.54) is 0 Å². The first kappa shape index (κ1) is 14.2. The summed E-state index contributed by atoms with van der Waals surface area (Å²) in [4.78, 5) is 15.7. The van der Waals surface area contributed by atoms with E-state index in [9.17, 15) is 4.79 Å². The van der Waals surface area contributed by atoms with Gasteiger partial charge in [0.05, 0.1) is 13.2 Å². The Labute approximate surface area is 103 Å². The van der Waals surface area contributed by atoms with E-state index in [1.807, 2.05) is 19.0 Å². The van der Waals surface area contributed by atoms with Crippen LogP contribution in [-0.2, 0) is 4.74 Å². The zero-order valence-corrected chi connectivity index (χ0v) is 10.9. The standard InChI is InChI=1S/C11H24N4O2/c1-14(2)5-3-12-11(16)13-4-6-15-7-9-17-10-8-15/h3-10H2,1-2H3,(H2,12,13,16). The summed E-state index contributed by atoms with van der Waals surface area (Å²) in [6.07, 6.45) is 0. The lowest BCUT2D eigenvalue weighted by Crippen LogP contribution is -2.44. The Hall–Kier alpha value is -0.850. The number of amides is 2. The Morgan fingerprint density at radius 3 is 2.53 bits per heavy atom. The van der Waals surface area contributed by atoms with Gasteiger partial charge in [0.15, 0.2) is 0 Å². The molecule has 0 radical (unpaired) electrons. The Kier molecular flexibility index (Phi) is 6.91. The van der Waals surface area contributed by atoms with Crippen molar-refractivity contribution in [2.75, 3.05) is 66.6 Å². The first-order valence-corrected chi connectivity index (χ1v) is 6.15. The van der Waals surface area contributed by atoms with E-state index < -0.39 is 0 Å². The van der Waals surface area contributed by atoms with Crippen molar-refractivity contribution >= 4 is 6.03 Å². The molecule has 1 saturated heterocycles. The second kappa shape index (κ2) is 8.27. The first-order valence-electron chi connectivity index (χ1n) is 6.15. The molecule has 0 aromatic heterocycles. The van der Waals surface area contributed by atoms with E-state index in [0.29, 0.717) is 13.1 Å². The van der Waals surface area contributed by atoms with Gasteiger partial charge in [0.2, 0.25) is 0 Å². The van der Waals surface area contributed by atoms with Gasteiger partial charge in [0.1, 0.15) is 0 Å². The lowest BCUT2D eigenvalue weighted by molar-refractivity contribution is 0.0387. The van der Waals surface area contributed by atoms with Crippen molar-refractivity contribution in [1.82, 2.24) is 20.4 Å². The Morgan fingerprint density at radius 2 is 1.88 bits per heavy atom. The van der Waals surface area contributed by atoms with Crippen molar-refractivity contribution in [3.05, 3.63) is 0 Å². The molecule has 0 saturated carbocycles. The Morgan fingerprint density at radius 1 is 1.24 bits per heavy atom. The van der Waals surface area contributed by atoms with Crippen molar-refractivity contribution < 1.29 is 9.53 Å². The van der Waals surface area contributed by atoms with Crippen molar-refractivity contribution in [3.63, 3.8) is 0 Å². The zero-order chi connectivity index (χ0) is 12.5. The number of hydrogen-bond donors (Lipinski definition) is 2. The molecule has 1 aliphatic heterocycles. The van der Waals surface area contributed by atoms with Crippen molar-refractivity contribution in [2.24, 2.45) is 0 Å². The summed E-state index contributed by atoms with van der Waals surface area (Å²) >= 11 is 0. The highest BCUT2D eigenvalue weighted by atomic mass is 16.5. The monoisotopic (exact) mass is 244 g/mol. The van der Waals surface area contributed by atoms with Gasteiger partial charge in [-0.3, -0.25) is 4.90 Å². The summed E-state index contributed by atoms with van der Waals surface area (Å²) < 4.78 is 5.26. The van der Waals surface area contributed by atoms with Crippen LogP contribution in [0.2, 0.25) is 0 Å². The van der Waals surface area contributed by atoms with Crippen LogP contribution in [-0.4, -0.2) is 82.4 Å². The number of nitrogens with one attached hydrogen (secondary N) is 2. The van der Waals surface area contributed by atoms with Crippen LogP contribution < -0.4 is 10.6 Å². The Balaban J connectivity index is 1.95. The van der Waals surface area contributed by atoms with Crippen molar-refractivity contribution in [3.8, 4) is 0 Å². The van der Waals surface area contributed by atoms with Gasteiger partial charge >= 0.3 is 6.03 Å². The van der Waals surface area contributed by atoms with Gasteiger partial charge in [-0.1, -0.05) is 0 Å². The minimum atomic E-state index is -0.0832. The minimum Gasteiger partial charge on any atom is -0.379 e. The van der Waals surface area contributed by atoms with Gasteiger partial charge in [0, 0.05) is 39.3 Å². The molecule has 0 aromatic carbocycles. The molecule has 1 aliphatic rings. The molecule has 0 unspecified atom stereocenters. The van der Waals surface area contributed by atoms with Gasteiger partial charge in [0.25, 0.3) is 0 Å². The lowest BCUT2D eigenvalue weighted by atomic mass is 10.4. The molecule has 17 heavy (non-hydrogen) atoms. The van der Waals surface area contributed by atoms with Crippen LogP contribution in [0.3, 0.4) is 0 Å². The highest BCUT2D eigenvalue weighted by Crippen LogP contribution is 1.94. The minimum absolute atomic E-state index is 0.0832. The van der Waals surface area contributed by atoms with Crippen LogP contribution in [0, 0.1) is 0 Å². The molecule has 0 spiro atoms. The normalized spacial score (nSPS) is 17.1. The van der Waals surface area contributed by atoms with Crippen LogP contribution in [0.15, 0.2) is 0 Å². The number of nitrogens with zero attached hydrogens (tertiary/aromatic N) is 2. The third-order valence-corrected chi connectivity index (χ3v) is 2.66. The maximum Gasteiger partial charge on any atom is 0.314 e. The second-order valence-electron chi connectivity index (χ2n) is 4.44. The third kappa shape index (κ3) is 7.14. The second-order valence-corrected chi connectivity index (χ2v) is 4.44. The predicted octanol–water partition coefficient (Wildman–Crippen LogP) is -0.821. The molecular weight excluding hydrogens is 220 g/mol. The van der Waals surface area contributed by atoms with Crippen LogP contribution in [0.1, 0.15) is 0 Å². The highest BCUT2D eigenvalue weighted by Gasteiger charge is 2.09. The smallest absolute Gasteiger partial charge is 0.314 e. The molecule has 1 rings (SSSR count). The fraction of sp³-hybridized carbons (Fsp3) is 0.909. The van der Waals surface area contributed by atoms with Crippen LogP contribution >= 0.6 is 0 Å². The van der Waals surface area contributed by atoms with E-state index >= 15 is 0 Å². The number of morpholine rings is 1. The number of hydrogen-bond acceptors (Lipinski definition) is 4. The molecule has 6 nitrogen and oxygen atoms in total. The van der Waals surface area contributed by atoms with E-state index in [0.717, 1.165) is 39.4 Å². The number of rotatable bonds is 6. The molecule has 1 fully saturated rings. The molecule has 0 aromatic rings. The zero-order valence-electron chi connectivity index (χ0n) is 10.9. The van der Waals surface area contributed by atoms with E-state index in [-0.39, 0.29) is 6.03 Å². The van der Waals surface area contributed by atoms with Crippen LogP contribution in [0.25, 0.3) is 0 Å². The SMILES string of the molecule is CN(C)CCNC(=O)NCCN1CCOCC1. The maximum atomic E-state index is 11.4. The lowest BCUT2D eigenvalue weighted by Gasteiger charge is -2.26. The summed E-state index contributed by atoms with van der Waals surface area (Å²) in [6, 6.07) is -0.0832. The molecule has 0 bridgehead atoms. The van der Waals surface area contributed by atoms with Gasteiger partial charge in [-0.05, 0) is 14.1 Å². The molecule has 1 heterocycles. The topological polar surface area (TPSA) is 56.8 Å². The first-order chi connectivity index (χ1) is 8.18. The van der Waals surface area contributed by atoms with Gasteiger partial charge < -0.3 is 20.3 Å². The quantitative estimate of drug-likeness (QED) is 0.641. The average Bonchev–Trinajstić information content (AvgIpc) is 2.30. The Bertz CT molecular complexity index is 218. The molecule has 2 N–H and O–H groups in total. The fourth-order valence-corrected chi connectivity index (χ4v) is 1.61. The van der Waals surface area contributed by atoms with Crippen LogP contribution in [0.5, 0.6) is 0 Å². The maximum absolute atomic E-state index is 11.4. The average molecular weight is 244 g/mol. The van der Waals surface area contributed by atoms with Crippen molar-refractivity contribution in [2.45, 2.75) is 0 Å². The van der Waals surface area contributed by atoms with Gasteiger partial charge in [-0.25, -0.2) is 4.79 Å². The van der Waals surface area contributed by atoms with Crippen LogP contribution in [0.4, 0.5) is 4.79 Å². The number of likely N-dealkylation sites (N-methyl/N-ethyl adjacent to an activating group) is 1. The molecule has 0 atom stereocenters. The molecular formula is C11H24N4O2. The van der Waals surface area contributed by atoms with E-state index in [1.54, 1.807) is 0 Å². The summed E-state index contributed by atoms with van der Waals surface area (Å²) in [5, 5.41) is 5.67. The van der Waals surface area contributed by atoms with E-state index in [2.05, 4.69) is 15.5 Å². The summed E-state index contributed by atoms with van der Waals surface area (Å²) in [5.41, 5.74) is 0. The van der Waals surface area contributed by atoms with Crippen molar-refractivity contribution in [1.29, 1.82) is 0 Å². The molecule has 0 aliphatic carbocycles. The number of urea groups is 1. The molecule has 6 heteroatoms. The van der Waals surface area contributed by atoms with Gasteiger partial charge in [-0.2, -0.15) is 0 Å². The molecule has 2 amide bonds. The van der Waals surface area contributed by atoms with Gasteiger partial charge in [-0.15, -0.1) is 0 Å². The molecule has 100 valence electrons. The highest BCUT2D eigenvalue weighted by molar-refractivity contribution is 5.73. The number of carbonyl (C=O) groups is 1. The summed E-state index contributed by atoms with van der Waals surface area (Å²) in [5.74, 6) is 0. The summed E-state index contributed by atoms with van der Waals surface area (Å²) in [6.45, 7) is 6.64. The third-order valence-electron chi connectivity index (χ3n) is 2.66. The number of ether oxygens (including phenoxy) is 1. The fourth-order valence-electron chi connectivity index (χ4n) is 1.61. The number of carbonyl (C=O) groups excluding carboxylic acids is 1. The largest absolute Gasteiger partial charge is 0.379 e. The van der Waals surface area contributed by atoms with E-state index in [4.69, 9.17) is 4.74 Å².